The summed E-state index contributed by atoms with van der Waals surface area (Å²) >= 11 is 1.68. The number of fused-ring (bicyclic) bond motifs is 2. The van der Waals surface area contributed by atoms with Crippen LogP contribution in [-0.4, -0.2) is 40.9 Å². The van der Waals surface area contributed by atoms with Gasteiger partial charge in [-0.3, -0.25) is 4.79 Å². The molecule has 0 spiro atoms. The molecular formula is C25H34N2O4S. The summed E-state index contributed by atoms with van der Waals surface area (Å²) in [6, 6.07) is 7.69. The van der Waals surface area contributed by atoms with Crippen molar-refractivity contribution in [3.8, 4) is 5.75 Å². The fraction of sp³-hybridized carbons (Fsp3) is 0.600. The second-order valence-corrected chi connectivity index (χ2v) is 11.2. The highest BCUT2D eigenvalue weighted by atomic mass is 32.1. The van der Waals surface area contributed by atoms with E-state index in [2.05, 4.69) is 12.2 Å². The number of rotatable bonds is 6. The molecule has 174 valence electrons. The molecule has 0 bridgehead atoms. The number of aliphatic hydroxyl groups excluding tert-OH is 2. The smallest absolute Gasteiger partial charge is 0.220 e. The quantitative estimate of drug-likeness (QED) is 0.615. The van der Waals surface area contributed by atoms with Crippen molar-refractivity contribution in [2.75, 3.05) is 13.7 Å². The summed E-state index contributed by atoms with van der Waals surface area (Å²) < 4.78 is 5.20. The molecule has 0 unspecified atom stereocenters. The molecule has 3 N–H and O–H groups in total. The average molecular weight is 459 g/mol. The molecule has 0 radical (unpaired) electrons. The number of ether oxygens (including phenoxy) is 1. The largest absolute Gasteiger partial charge is 0.497 e. The number of thiazole rings is 1. The third-order valence-corrected chi connectivity index (χ3v) is 9.05. The van der Waals surface area contributed by atoms with Crippen LogP contribution >= 0.6 is 11.3 Å². The highest BCUT2D eigenvalue weighted by molar-refractivity contribution is 7.11. The van der Waals surface area contributed by atoms with Crippen molar-refractivity contribution in [1.82, 2.24) is 10.3 Å². The minimum atomic E-state index is -0.583. The van der Waals surface area contributed by atoms with E-state index < -0.39 is 11.5 Å². The molecular weight excluding hydrogens is 424 g/mol. The molecule has 7 heteroatoms. The van der Waals surface area contributed by atoms with Gasteiger partial charge in [-0.25, -0.2) is 4.98 Å². The first kappa shape index (κ1) is 23.2. The highest BCUT2D eigenvalue weighted by Gasteiger charge is 2.59. The summed E-state index contributed by atoms with van der Waals surface area (Å²) in [7, 11) is 1.63. The Morgan fingerprint density at radius 1 is 1.31 bits per heavy atom. The van der Waals surface area contributed by atoms with Crippen LogP contribution in [0.4, 0.5) is 0 Å². The van der Waals surface area contributed by atoms with Gasteiger partial charge in [-0.1, -0.05) is 26.0 Å². The van der Waals surface area contributed by atoms with E-state index in [1.54, 1.807) is 18.4 Å². The minimum absolute atomic E-state index is 0.00104. The fourth-order valence-electron chi connectivity index (χ4n) is 5.97. The van der Waals surface area contributed by atoms with Crippen molar-refractivity contribution in [3.63, 3.8) is 0 Å². The van der Waals surface area contributed by atoms with Crippen LogP contribution in [-0.2, 0) is 17.8 Å². The predicted molar refractivity (Wildman–Crippen MR) is 125 cm³/mol. The normalized spacial score (nSPS) is 31.5. The van der Waals surface area contributed by atoms with Crippen molar-refractivity contribution in [3.05, 3.63) is 45.4 Å². The molecule has 0 saturated heterocycles. The Kier molecular flexibility index (Phi) is 6.36. The molecule has 0 aliphatic heterocycles. The number of methoxy groups -OCH3 is 1. The number of amides is 1. The number of hydrogen-bond acceptors (Lipinski definition) is 6. The minimum Gasteiger partial charge on any atom is -0.497 e. The molecule has 2 aliphatic rings. The summed E-state index contributed by atoms with van der Waals surface area (Å²) in [5, 5.41) is 25.2. The number of benzene rings is 1. The molecule has 2 aromatic rings. The van der Waals surface area contributed by atoms with Gasteiger partial charge in [0.25, 0.3) is 0 Å². The third kappa shape index (κ3) is 3.95. The van der Waals surface area contributed by atoms with Gasteiger partial charge in [0.2, 0.25) is 5.91 Å². The maximum Gasteiger partial charge on any atom is 0.220 e. The van der Waals surface area contributed by atoms with Crippen molar-refractivity contribution in [1.29, 1.82) is 0 Å². The molecule has 1 aromatic carbocycles. The van der Waals surface area contributed by atoms with Gasteiger partial charge in [-0.15, -0.1) is 11.3 Å². The van der Waals surface area contributed by atoms with Crippen molar-refractivity contribution >= 4 is 17.2 Å². The zero-order valence-electron chi connectivity index (χ0n) is 19.4. The first-order valence-corrected chi connectivity index (χ1v) is 12.2. The molecule has 6 nitrogen and oxygen atoms in total. The van der Waals surface area contributed by atoms with Crippen LogP contribution in [0.15, 0.2) is 24.3 Å². The van der Waals surface area contributed by atoms with E-state index in [0.717, 1.165) is 34.9 Å². The maximum atomic E-state index is 13.1. The van der Waals surface area contributed by atoms with E-state index >= 15 is 0 Å². The molecule has 1 fully saturated rings. The van der Waals surface area contributed by atoms with Crippen molar-refractivity contribution in [2.24, 2.45) is 16.7 Å². The van der Waals surface area contributed by atoms with Gasteiger partial charge in [0.15, 0.2) is 0 Å². The molecule has 1 aromatic heterocycles. The summed E-state index contributed by atoms with van der Waals surface area (Å²) in [4.78, 5) is 19.1. The Bertz CT molecular complexity index is 975. The molecule has 2 aliphatic carbocycles. The standard InChI is InChI=1S/C25H34N2O4S/c1-15-27-23-18(11-22(30)26-13-16-5-7-17(31-4)8-6-16)24(2)10-9-21(29)25(3,14-28)20(24)12-19(23)32-15/h5-8,18,20-21,28-29H,9-14H2,1-4H3,(H,26,30)/t18-,20+,21-,24+,25+/m1/s1. The summed E-state index contributed by atoms with van der Waals surface area (Å²) in [5.41, 5.74) is 1.27. The molecule has 4 rings (SSSR count). The fourth-order valence-corrected chi connectivity index (χ4v) is 7.01. The summed E-state index contributed by atoms with van der Waals surface area (Å²) in [6.45, 7) is 6.65. The Balaban J connectivity index is 1.57. The second-order valence-electron chi connectivity index (χ2n) is 9.90. The summed E-state index contributed by atoms with van der Waals surface area (Å²) in [6.07, 6.45) is 2.07. The van der Waals surface area contributed by atoms with Gasteiger partial charge in [-0.2, -0.15) is 0 Å². The highest BCUT2D eigenvalue weighted by Crippen LogP contribution is 2.62. The lowest BCUT2D eigenvalue weighted by atomic mass is 9.47. The molecule has 1 amide bonds. The monoisotopic (exact) mass is 458 g/mol. The predicted octanol–water partition coefficient (Wildman–Crippen LogP) is 3.58. The summed E-state index contributed by atoms with van der Waals surface area (Å²) in [5.74, 6) is 0.853. The lowest BCUT2D eigenvalue weighted by Crippen LogP contribution is -2.57. The Labute approximate surface area is 194 Å². The molecule has 5 atom stereocenters. The number of aromatic nitrogens is 1. The van der Waals surface area contributed by atoms with E-state index in [9.17, 15) is 15.0 Å². The van der Waals surface area contributed by atoms with E-state index in [0.29, 0.717) is 19.4 Å². The van der Waals surface area contributed by atoms with E-state index in [1.807, 2.05) is 38.1 Å². The van der Waals surface area contributed by atoms with Gasteiger partial charge in [0.1, 0.15) is 5.75 Å². The number of aryl methyl sites for hydroxylation is 1. The number of nitrogens with one attached hydrogen (secondary N) is 1. The van der Waals surface area contributed by atoms with Crippen LogP contribution in [0.25, 0.3) is 0 Å². The zero-order chi connectivity index (χ0) is 23.1. The maximum absolute atomic E-state index is 13.1. The number of nitrogens with zero attached hydrogens (tertiary/aromatic N) is 1. The first-order valence-electron chi connectivity index (χ1n) is 11.4. The van der Waals surface area contributed by atoms with E-state index in [1.165, 1.54) is 4.88 Å². The second kappa shape index (κ2) is 8.76. The zero-order valence-corrected chi connectivity index (χ0v) is 20.2. The first-order chi connectivity index (χ1) is 15.2. The van der Waals surface area contributed by atoms with Gasteiger partial charge in [0.05, 0.1) is 30.5 Å². The van der Waals surface area contributed by atoms with Gasteiger partial charge >= 0.3 is 0 Å². The van der Waals surface area contributed by atoms with E-state index in [4.69, 9.17) is 9.72 Å². The molecule has 1 heterocycles. The Hall–Kier alpha value is -1.96. The van der Waals surface area contributed by atoms with Crippen molar-refractivity contribution in [2.45, 2.75) is 65.0 Å². The number of carbonyl (C=O) groups is 1. The van der Waals surface area contributed by atoms with Gasteiger partial charge in [0, 0.05) is 29.2 Å². The molecule has 1 saturated carbocycles. The van der Waals surface area contributed by atoms with Crippen LogP contribution in [0, 0.1) is 23.7 Å². The van der Waals surface area contributed by atoms with Crippen molar-refractivity contribution < 1.29 is 19.7 Å². The lowest BCUT2D eigenvalue weighted by molar-refractivity contribution is -0.144. The average Bonchev–Trinajstić information content (AvgIpc) is 3.16. The lowest BCUT2D eigenvalue weighted by Gasteiger charge is -2.58. The number of carbonyl (C=O) groups excluding carboxylic acids is 1. The van der Waals surface area contributed by atoms with Crippen LogP contribution in [0.3, 0.4) is 0 Å². The SMILES string of the molecule is COc1ccc(CNC(=O)C[C@@H]2c3nc(C)sc3C[C@@H]3[C@](C)(CO)[C@H](O)CC[C@]32C)cc1. The van der Waals surface area contributed by atoms with Gasteiger partial charge < -0.3 is 20.3 Å². The van der Waals surface area contributed by atoms with Crippen LogP contribution in [0.1, 0.15) is 60.2 Å². The third-order valence-electron chi connectivity index (χ3n) is 8.04. The van der Waals surface area contributed by atoms with E-state index in [-0.39, 0.29) is 29.8 Å². The van der Waals surface area contributed by atoms with Crippen LogP contribution < -0.4 is 10.1 Å². The topological polar surface area (TPSA) is 91.7 Å². The number of hydrogen-bond donors (Lipinski definition) is 3. The van der Waals surface area contributed by atoms with Crippen LogP contribution in [0.2, 0.25) is 0 Å². The Morgan fingerprint density at radius 2 is 2.03 bits per heavy atom. The van der Waals surface area contributed by atoms with Gasteiger partial charge in [-0.05, 0) is 55.2 Å². The number of aliphatic hydroxyl groups is 2. The Morgan fingerprint density at radius 3 is 2.69 bits per heavy atom. The molecule has 32 heavy (non-hydrogen) atoms. The van der Waals surface area contributed by atoms with Crippen LogP contribution in [0.5, 0.6) is 5.75 Å².